The second-order valence-corrected chi connectivity index (χ2v) is 7.27. The summed E-state index contributed by atoms with van der Waals surface area (Å²) >= 11 is 5.94. The van der Waals surface area contributed by atoms with Crippen LogP contribution in [0.5, 0.6) is 0 Å². The van der Waals surface area contributed by atoms with Crippen LogP contribution in [0.1, 0.15) is 22.7 Å². The molecule has 4 nitrogen and oxygen atoms in total. The SMILES string of the molecule is O=C1C(=O)N(Cc2ccccc2)[C@@H](c2ccccc2)/C1=C(\O)c1ccc(Cl)cc1. The second-order valence-electron chi connectivity index (χ2n) is 6.83. The number of benzene rings is 3. The fourth-order valence-electron chi connectivity index (χ4n) is 3.57. The van der Waals surface area contributed by atoms with Crippen molar-refractivity contribution in [1.29, 1.82) is 0 Å². The highest BCUT2D eigenvalue weighted by Gasteiger charge is 2.45. The highest BCUT2D eigenvalue weighted by atomic mass is 35.5. The Balaban J connectivity index is 1.85. The van der Waals surface area contributed by atoms with Crippen LogP contribution in [-0.2, 0) is 16.1 Å². The number of likely N-dealkylation sites (tertiary alicyclic amines) is 1. The quantitative estimate of drug-likeness (QED) is 0.380. The maximum atomic E-state index is 12.9. The topological polar surface area (TPSA) is 57.6 Å². The Kier molecular flexibility index (Phi) is 5.19. The summed E-state index contributed by atoms with van der Waals surface area (Å²) in [7, 11) is 0. The maximum Gasteiger partial charge on any atom is 0.295 e. The van der Waals surface area contributed by atoms with E-state index in [0.717, 1.165) is 11.1 Å². The first-order valence-electron chi connectivity index (χ1n) is 9.19. The molecule has 0 spiro atoms. The summed E-state index contributed by atoms with van der Waals surface area (Å²) in [6.07, 6.45) is 0. The zero-order valence-electron chi connectivity index (χ0n) is 15.5. The number of hydrogen-bond donors (Lipinski definition) is 1. The molecule has 0 radical (unpaired) electrons. The van der Waals surface area contributed by atoms with E-state index in [1.54, 1.807) is 24.3 Å². The van der Waals surface area contributed by atoms with Gasteiger partial charge in [-0.25, -0.2) is 0 Å². The molecule has 0 aliphatic carbocycles. The van der Waals surface area contributed by atoms with Crippen molar-refractivity contribution in [3.63, 3.8) is 0 Å². The second kappa shape index (κ2) is 7.94. The first-order chi connectivity index (χ1) is 14.1. The fourth-order valence-corrected chi connectivity index (χ4v) is 3.69. The fraction of sp³-hybridized carbons (Fsp3) is 0.0833. The molecule has 4 rings (SSSR count). The number of amides is 1. The standard InChI is InChI=1S/C24H18ClNO3/c25-19-13-11-18(12-14-19)22(27)20-21(17-9-5-2-6-10-17)26(24(29)23(20)28)15-16-7-3-1-4-8-16/h1-14,21,27H,15H2/b22-20+/t21-/m0/s1. The lowest BCUT2D eigenvalue weighted by atomic mass is 9.95. The third-order valence-electron chi connectivity index (χ3n) is 4.97. The Morgan fingerprint density at radius 2 is 1.45 bits per heavy atom. The number of aliphatic hydroxyl groups excluding tert-OH is 1. The normalized spacial score (nSPS) is 18.2. The van der Waals surface area contributed by atoms with Gasteiger partial charge < -0.3 is 10.0 Å². The molecule has 3 aromatic carbocycles. The molecule has 5 heteroatoms. The molecule has 0 saturated carbocycles. The van der Waals surface area contributed by atoms with Crippen molar-refractivity contribution in [2.24, 2.45) is 0 Å². The van der Waals surface area contributed by atoms with Gasteiger partial charge in [-0.3, -0.25) is 9.59 Å². The van der Waals surface area contributed by atoms with Gasteiger partial charge in [0.1, 0.15) is 5.76 Å². The lowest BCUT2D eigenvalue weighted by molar-refractivity contribution is -0.140. The number of carbonyl (C=O) groups excluding carboxylic acids is 2. The van der Waals surface area contributed by atoms with Gasteiger partial charge in [0, 0.05) is 17.1 Å². The van der Waals surface area contributed by atoms with Crippen molar-refractivity contribution in [1.82, 2.24) is 4.90 Å². The lowest BCUT2D eigenvalue weighted by Crippen LogP contribution is -2.29. The maximum absolute atomic E-state index is 12.9. The monoisotopic (exact) mass is 403 g/mol. The van der Waals surface area contributed by atoms with Gasteiger partial charge in [-0.2, -0.15) is 0 Å². The molecule has 0 bridgehead atoms. The predicted molar refractivity (Wildman–Crippen MR) is 112 cm³/mol. The van der Waals surface area contributed by atoms with Crippen molar-refractivity contribution in [3.8, 4) is 0 Å². The van der Waals surface area contributed by atoms with Gasteiger partial charge in [-0.05, 0) is 35.4 Å². The molecule has 1 N–H and O–H groups in total. The van der Waals surface area contributed by atoms with Crippen molar-refractivity contribution < 1.29 is 14.7 Å². The molecule has 1 fully saturated rings. The minimum Gasteiger partial charge on any atom is -0.507 e. The van der Waals surface area contributed by atoms with Crippen molar-refractivity contribution >= 4 is 29.1 Å². The van der Waals surface area contributed by atoms with E-state index in [9.17, 15) is 14.7 Å². The molecule has 0 aromatic heterocycles. The Morgan fingerprint density at radius 1 is 0.862 bits per heavy atom. The van der Waals surface area contributed by atoms with Crippen LogP contribution in [0.2, 0.25) is 5.02 Å². The minimum atomic E-state index is -0.692. The zero-order chi connectivity index (χ0) is 20.4. The molecule has 1 aliphatic rings. The largest absolute Gasteiger partial charge is 0.507 e. The van der Waals surface area contributed by atoms with E-state index in [2.05, 4.69) is 0 Å². The molecule has 1 heterocycles. The molecule has 1 atom stereocenters. The number of carbonyl (C=O) groups is 2. The van der Waals surface area contributed by atoms with Crippen LogP contribution in [0.15, 0.2) is 90.5 Å². The number of rotatable bonds is 4. The number of Topliss-reactive ketones (excluding diaryl/α,β-unsaturated/α-hetero) is 1. The summed E-state index contributed by atoms with van der Waals surface area (Å²) < 4.78 is 0. The van der Waals surface area contributed by atoms with Gasteiger partial charge in [0.25, 0.3) is 11.7 Å². The summed E-state index contributed by atoms with van der Waals surface area (Å²) in [5, 5.41) is 11.5. The van der Waals surface area contributed by atoms with E-state index in [1.807, 2.05) is 60.7 Å². The summed E-state index contributed by atoms with van der Waals surface area (Å²) in [4.78, 5) is 27.3. The smallest absolute Gasteiger partial charge is 0.295 e. The molecule has 144 valence electrons. The van der Waals surface area contributed by atoms with Gasteiger partial charge in [-0.15, -0.1) is 0 Å². The van der Waals surface area contributed by atoms with Crippen molar-refractivity contribution in [2.45, 2.75) is 12.6 Å². The van der Waals surface area contributed by atoms with Crippen LogP contribution in [0.4, 0.5) is 0 Å². The Labute approximate surface area is 173 Å². The van der Waals surface area contributed by atoms with E-state index in [0.29, 0.717) is 10.6 Å². The molecule has 0 unspecified atom stereocenters. The van der Waals surface area contributed by atoms with Gasteiger partial charge in [-0.1, -0.05) is 72.3 Å². The molecule has 1 amide bonds. The molecule has 3 aromatic rings. The van der Waals surface area contributed by atoms with E-state index in [4.69, 9.17) is 11.6 Å². The molecular formula is C24H18ClNO3. The molecule has 1 saturated heterocycles. The van der Waals surface area contributed by atoms with Crippen LogP contribution in [0.25, 0.3) is 5.76 Å². The summed E-state index contributed by atoms with van der Waals surface area (Å²) in [6.45, 7) is 0.266. The van der Waals surface area contributed by atoms with Crippen LogP contribution in [-0.4, -0.2) is 21.7 Å². The van der Waals surface area contributed by atoms with Crippen LogP contribution < -0.4 is 0 Å². The van der Waals surface area contributed by atoms with Crippen LogP contribution >= 0.6 is 11.6 Å². The summed E-state index contributed by atoms with van der Waals surface area (Å²) in [6, 6.07) is 24.6. The molecule has 1 aliphatic heterocycles. The lowest BCUT2D eigenvalue weighted by Gasteiger charge is -2.25. The van der Waals surface area contributed by atoms with Gasteiger partial charge >= 0.3 is 0 Å². The van der Waals surface area contributed by atoms with E-state index in [-0.39, 0.29) is 17.9 Å². The Bertz CT molecular complexity index is 1080. The van der Waals surface area contributed by atoms with E-state index in [1.165, 1.54) is 4.90 Å². The third kappa shape index (κ3) is 3.67. The molecule has 29 heavy (non-hydrogen) atoms. The van der Waals surface area contributed by atoms with Crippen LogP contribution in [0.3, 0.4) is 0 Å². The highest BCUT2D eigenvalue weighted by Crippen LogP contribution is 2.40. The Morgan fingerprint density at radius 3 is 2.07 bits per heavy atom. The number of aliphatic hydroxyl groups is 1. The van der Waals surface area contributed by atoms with Crippen molar-refractivity contribution in [2.75, 3.05) is 0 Å². The first-order valence-corrected chi connectivity index (χ1v) is 9.57. The Hall–Kier alpha value is -3.37. The number of hydrogen-bond acceptors (Lipinski definition) is 3. The minimum absolute atomic E-state index is 0.0828. The zero-order valence-corrected chi connectivity index (χ0v) is 16.2. The van der Waals surface area contributed by atoms with Gasteiger partial charge in [0.15, 0.2) is 0 Å². The number of ketones is 1. The average Bonchev–Trinajstić information content (AvgIpc) is 3.00. The average molecular weight is 404 g/mol. The molecular weight excluding hydrogens is 386 g/mol. The summed E-state index contributed by atoms with van der Waals surface area (Å²) in [5.74, 6) is -1.52. The first kappa shape index (κ1) is 19.0. The predicted octanol–water partition coefficient (Wildman–Crippen LogP) is 4.96. The summed E-state index contributed by atoms with van der Waals surface area (Å²) in [5.41, 5.74) is 2.19. The van der Waals surface area contributed by atoms with Crippen LogP contribution in [0, 0.1) is 0 Å². The van der Waals surface area contributed by atoms with E-state index < -0.39 is 17.7 Å². The van der Waals surface area contributed by atoms with Gasteiger partial charge in [0.2, 0.25) is 0 Å². The third-order valence-corrected chi connectivity index (χ3v) is 5.22. The van der Waals surface area contributed by atoms with Gasteiger partial charge in [0.05, 0.1) is 11.6 Å². The van der Waals surface area contributed by atoms with Crippen molar-refractivity contribution in [3.05, 3.63) is 112 Å². The number of nitrogens with zero attached hydrogens (tertiary/aromatic N) is 1. The van der Waals surface area contributed by atoms with E-state index >= 15 is 0 Å². The number of halogens is 1. The highest BCUT2D eigenvalue weighted by molar-refractivity contribution is 6.46.